The van der Waals surface area contributed by atoms with Crippen molar-refractivity contribution in [2.45, 2.75) is 72.6 Å². The van der Waals surface area contributed by atoms with E-state index in [1.807, 2.05) is 13.8 Å². The van der Waals surface area contributed by atoms with Crippen LogP contribution in [0.25, 0.3) is 0 Å². The molecule has 0 amide bonds. The minimum absolute atomic E-state index is 0.207. The zero-order chi connectivity index (χ0) is 15.4. The second-order valence-corrected chi connectivity index (χ2v) is 6.45. The number of rotatable bonds is 12. The molecule has 0 bridgehead atoms. The van der Waals surface area contributed by atoms with E-state index in [1.54, 1.807) is 0 Å². The van der Waals surface area contributed by atoms with Crippen LogP contribution in [0.3, 0.4) is 0 Å². The number of unbranched alkanes of at least 4 members (excludes halogenated alkanes) is 2. The Morgan fingerprint density at radius 3 is 2.50 bits per heavy atom. The number of hydrogen-bond acceptors (Lipinski definition) is 3. The van der Waals surface area contributed by atoms with Crippen LogP contribution in [0.1, 0.15) is 72.6 Å². The van der Waals surface area contributed by atoms with Crippen molar-refractivity contribution in [2.24, 2.45) is 22.2 Å². The second-order valence-electron chi connectivity index (χ2n) is 6.45. The lowest BCUT2D eigenvalue weighted by Crippen LogP contribution is -2.32. The Morgan fingerprint density at radius 2 is 1.95 bits per heavy atom. The van der Waals surface area contributed by atoms with Crippen molar-refractivity contribution in [1.82, 2.24) is 5.32 Å². The van der Waals surface area contributed by atoms with Gasteiger partial charge in [-0.2, -0.15) is 0 Å². The van der Waals surface area contributed by atoms with Crippen molar-refractivity contribution >= 4 is 5.84 Å². The maximum atomic E-state index is 8.72. The highest BCUT2D eigenvalue weighted by atomic mass is 16.4. The van der Waals surface area contributed by atoms with E-state index in [0.29, 0.717) is 5.84 Å². The van der Waals surface area contributed by atoms with E-state index in [9.17, 15) is 0 Å². The SMILES string of the molecule is CCCCC(CC)CNCCCCC(C)(C)C(N)=NO. The van der Waals surface area contributed by atoms with Crippen molar-refractivity contribution in [3.63, 3.8) is 0 Å². The summed E-state index contributed by atoms with van der Waals surface area (Å²) in [7, 11) is 0. The highest BCUT2D eigenvalue weighted by Crippen LogP contribution is 2.23. The summed E-state index contributed by atoms with van der Waals surface area (Å²) in [4.78, 5) is 0. The summed E-state index contributed by atoms with van der Waals surface area (Å²) in [5.74, 6) is 1.15. The van der Waals surface area contributed by atoms with Crippen molar-refractivity contribution in [2.75, 3.05) is 13.1 Å². The van der Waals surface area contributed by atoms with Gasteiger partial charge in [-0.05, 0) is 38.3 Å². The van der Waals surface area contributed by atoms with Gasteiger partial charge in [-0.3, -0.25) is 0 Å². The molecule has 120 valence electrons. The first-order valence-electron chi connectivity index (χ1n) is 8.16. The number of amidine groups is 1. The van der Waals surface area contributed by atoms with E-state index >= 15 is 0 Å². The van der Waals surface area contributed by atoms with Crippen LogP contribution in [0.2, 0.25) is 0 Å². The third-order valence-corrected chi connectivity index (χ3v) is 4.18. The summed E-state index contributed by atoms with van der Waals surface area (Å²) in [6.07, 6.45) is 8.44. The monoisotopic (exact) mass is 285 g/mol. The van der Waals surface area contributed by atoms with Gasteiger partial charge in [0.25, 0.3) is 0 Å². The van der Waals surface area contributed by atoms with Crippen LogP contribution in [-0.4, -0.2) is 24.1 Å². The van der Waals surface area contributed by atoms with Gasteiger partial charge >= 0.3 is 0 Å². The number of oxime groups is 1. The zero-order valence-corrected chi connectivity index (χ0v) is 13.9. The molecule has 0 fully saturated rings. The minimum atomic E-state index is -0.207. The summed E-state index contributed by atoms with van der Waals surface area (Å²) in [5, 5.41) is 15.4. The normalized spacial score (nSPS) is 14.5. The highest BCUT2D eigenvalue weighted by Gasteiger charge is 2.22. The summed E-state index contributed by atoms with van der Waals surface area (Å²) >= 11 is 0. The number of nitrogens with zero attached hydrogens (tertiary/aromatic N) is 1. The van der Waals surface area contributed by atoms with Crippen LogP contribution >= 0.6 is 0 Å². The maximum Gasteiger partial charge on any atom is 0.144 e. The van der Waals surface area contributed by atoms with E-state index in [2.05, 4.69) is 24.3 Å². The first-order chi connectivity index (χ1) is 9.47. The zero-order valence-electron chi connectivity index (χ0n) is 13.9. The molecule has 4 heteroatoms. The van der Waals surface area contributed by atoms with Crippen molar-refractivity contribution in [3.8, 4) is 0 Å². The van der Waals surface area contributed by atoms with Gasteiger partial charge in [0.2, 0.25) is 0 Å². The lowest BCUT2D eigenvalue weighted by atomic mass is 9.86. The van der Waals surface area contributed by atoms with Crippen molar-refractivity contribution in [1.29, 1.82) is 0 Å². The number of nitrogens with two attached hydrogens (primary N) is 1. The Hall–Kier alpha value is -0.770. The first kappa shape index (κ1) is 19.2. The quantitative estimate of drug-likeness (QED) is 0.168. The fraction of sp³-hybridized carbons (Fsp3) is 0.938. The van der Waals surface area contributed by atoms with Gasteiger partial charge in [-0.25, -0.2) is 0 Å². The molecule has 0 saturated heterocycles. The van der Waals surface area contributed by atoms with Crippen LogP contribution in [-0.2, 0) is 0 Å². The van der Waals surface area contributed by atoms with Crippen LogP contribution in [0.4, 0.5) is 0 Å². The molecule has 1 unspecified atom stereocenters. The maximum absolute atomic E-state index is 8.72. The summed E-state index contributed by atoms with van der Waals surface area (Å²) in [6.45, 7) is 10.8. The molecule has 0 aliphatic heterocycles. The molecule has 4 N–H and O–H groups in total. The Balaban J connectivity index is 3.66. The minimum Gasteiger partial charge on any atom is -0.409 e. The largest absolute Gasteiger partial charge is 0.409 e. The molecule has 0 spiro atoms. The molecule has 0 rings (SSSR count). The van der Waals surface area contributed by atoms with Gasteiger partial charge in [0.05, 0.1) is 0 Å². The number of nitrogens with one attached hydrogen (secondary N) is 1. The predicted octanol–water partition coefficient (Wildman–Crippen LogP) is 3.74. The molecule has 1 atom stereocenters. The Morgan fingerprint density at radius 1 is 1.25 bits per heavy atom. The molecule has 0 aromatic heterocycles. The summed E-state index contributed by atoms with van der Waals surface area (Å²) in [5.41, 5.74) is 5.47. The fourth-order valence-corrected chi connectivity index (χ4v) is 2.33. The van der Waals surface area contributed by atoms with Crippen LogP contribution in [0.5, 0.6) is 0 Å². The molecule has 0 aliphatic carbocycles. The highest BCUT2D eigenvalue weighted by molar-refractivity contribution is 5.85. The van der Waals surface area contributed by atoms with Crippen LogP contribution < -0.4 is 11.1 Å². The summed E-state index contributed by atoms with van der Waals surface area (Å²) < 4.78 is 0. The lowest BCUT2D eigenvalue weighted by Gasteiger charge is -2.22. The van der Waals surface area contributed by atoms with Gasteiger partial charge in [0, 0.05) is 5.41 Å². The van der Waals surface area contributed by atoms with E-state index in [4.69, 9.17) is 10.9 Å². The standard InChI is InChI=1S/C16H35N3O/c1-5-7-10-14(6-2)13-18-12-9-8-11-16(3,4)15(17)19-20/h14,18,20H,5-13H2,1-4H3,(H2,17,19). The molecular weight excluding hydrogens is 250 g/mol. The van der Waals surface area contributed by atoms with Crippen LogP contribution in [0.15, 0.2) is 5.16 Å². The number of hydrogen-bond donors (Lipinski definition) is 3. The van der Waals surface area contributed by atoms with Crippen molar-refractivity contribution in [3.05, 3.63) is 0 Å². The van der Waals surface area contributed by atoms with Gasteiger partial charge < -0.3 is 16.3 Å². The second kappa shape index (κ2) is 11.0. The van der Waals surface area contributed by atoms with E-state index in [-0.39, 0.29) is 5.41 Å². The molecule has 0 aromatic carbocycles. The molecule has 0 aromatic rings. The van der Waals surface area contributed by atoms with E-state index in [0.717, 1.165) is 38.3 Å². The molecule has 0 saturated carbocycles. The predicted molar refractivity (Wildman–Crippen MR) is 87.2 cm³/mol. The van der Waals surface area contributed by atoms with Gasteiger partial charge in [-0.1, -0.05) is 58.5 Å². The van der Waals surface area contributed by atoms with Gasteiger partial charge in [0.1, 0.15) is 5.84 Å². The Bertz CT molecular complexity index is 264. The van der Waals surface area contributed by atoms with Crippen LogP contribution in [0, 0.1) is 11.3 Å². The molecule has 20 heavy (non-hydrogen) atoms. The smallest absolute Gasteiger partial charge is 0.144 e. The molecule has 4 nitrogen and oxygen atoms in total. The topological polar surface area (TPSA) is 70.6 Å². The first-order valence-corrected chi connectivity index (χ1v) is 8.16. The fourth-order valence-electron chi connectivity index (χ4n) is 2.33. The molecule has 0 radical (unpaired) electrons. The third kappa shape index (κ3) is 8.41. The average Bonchev–Trinajstić information content (AvgIpc) is 2.44. The summed E-state index contributed by atoms with van der Waals surface area (Å²) in [6, 6.07) is 0. The Kier molecular flexibility index (Phi) is 10.5. The lowest BCUT2D eigenvalue weighted by molar-refractivity contribution is 0.304. The third-order valence-electron chi connectivity index (χ3n) is 4.18. The van der Waals surface area contributed by atoms with Gasteiger partial charge in [0.15, 0.2) is 0 Å². The van der Waals surface area contributed by atoms with E-state index in [1.165, 1.54) is 25.7 Å². The molecule has 0 aliphatic rings. The van der Waals surface area contributed by atoms with Gasteiger partial charge in [-0.15, -0.1) is 0 Å². The molecular formula is C16H35N3O. The average molecular weight is 285 g/mol. The van der Waals surface area contributed by atoms with E-state index < -0.39 is 0 Å². The Labute approximate surface area is 125 Å². The van der Waals surface area contributed by atoms with Crippen molar-refractivity contribution < 1.29 is 5.21 Å². The molecule has 0 heterocycles.